The van der Waals surface area contributed by atoms with Crippen molar-refractivity contribution < 1.29 is 80.2 Å². The second-order valence-corrected chi connectivity index (χ2v) is 32.7. The number of hydrogen-bond acceptors (Lipinski definition) is 15. The number of aliphatic hydroxyl groups is 1. The number of esters is 4. The molecule has 576 valence electrons. The van der Waals surface area contributed by atoms with Crippen LogP contribution in [0.3, 0.4) is 0 Å². The van der Waals surface area contributed by atoms with E-state index >= 15 is 0 Å². The van der Waals surface area contributed by atoms with Crippen LogP contribution in [-0.2, 0) is 65.4 Å². The van der Waals surface area contributed by atoms with Crippen molar-refractivity contribution in [2.45, 2.75) is 414 Å². The van der Waals surface area contributed by atoms with Crippen molar-refractivity contribution >= 4 is 39.5 Å². The summed E-state index contributed by atoms with van der Waals surface area (Å²) in [5.74, 6) is 0.947. The maximum atomic E-state index is 13.1. The van der Waals surface area contributed by atoms with E-state index in [1.165, 1.54) is 193 Å². The molecular formula is C78H152O17P2. The average molecular weight is 1420 g/mol. The summed E-state index contributed by atoms with van der Waals surface area (Å²) in [7, 11) is -9.91. The summed E-state index contributed by atoms with van der Waals surface area (Å²) >= 11 is 0. The number of carbonyl (C=O) groups is 4. The smallest absolute Gasteiger partial charge is 0.462 e. The van der Waals surface area contributed by atoms with Gasteiger partial charge in [-0.15, -0.1) is 0 Å². The number of ether oxygens (including phenoxy) is 4. The van der Waals surface area contributed by atoms with E-state index in [9.17, 15) is 43.2 Å². The van der Waals surface area contributed by atoms with Crippen LogP contribution in [0, 0.1) is 23.7 Å². The normalized spacial score (nSPS) is 14.4. The van der Waals surface area contributed by atoms with Gasteiger partial charge >= 0.3 is 39.5 Å². The number of phosphoric ester groups is 2. The van der Waals surface area contributed by atoms with Crippen LogP contribution in [-0.4, -0.2) is 96.7 Å². The lowest BCUT2D eigenvalue weighted by molar-refractivity contribution is -0.161. The molecular weight excluding hydrogens is 1270 g/mol. The highest BCUT2D eigenvalue weighted by Gasteiger charge is 2.30. The molecule has 0 aromatic carbocycles. The van der Waals surface area contributed by atoms with Crippen LogP contribution in [0.2, 0.25) is 0 Å². The number of rotatable bonds is 75. The molecule has 0 heterocycles. The third kappa shape index (κ3) is 70.9. The third-order valence-corrected chi connectivity index (χ3v) is 20.3. The van der Waals surface area contributed by atoms with Crippen molar-refractivity contribution in [1.29, 1.82) is 0 Å². The first kappa shape index (κ1) is 95.1. The second-order valence-electron chi connectivity index (χ2n) is 29.8. The Bertz CT molecular complexity index is 1900. The van der Waals surface area contributed by atoms with E-state index in [1.807, 2.05) is 0 Å². The van der Waals surface area contributed by atoms with Crippen LogP contribution in [0.1, 0.15) is 396 Å². The molecule has 0 bridgehead atoms. The van der Waals surface area contributed by atoms with Crippen LogP contribution in [0.4, 0.5) is 0 Å². The van der Waals surface area contributed by atoms with Gasteiger partial charge in [-0.1, -0.05) is 344 Å². The lowest BCUT2D eigenvalue weighted by Crippen LogP contribution is -2.30. The molecule has 97 heavy (non-hydrogen) atoms. The largest absolute Gasteiger partial charge is 0.472 e. The van der Waals surface area contributed by atoms with Crippen LogP contribution < -0.4 is 0 Å². The van der Waals surface area contributed by atoms with Crippen LogP contribution in [0.5, 0.6) is 0 Å². The van der Waals surface area contributed by atoms with Gasteiger partial charge in [-0.2, -0.15) is 0 Å². The summed E-state index contributed by atoms with van der Waals surface area (Å²) in [5, 5.41) is 10.6. The predicted molar refractivity (Wildman–Crippen MR) is 395 cm³/mol. The van der Waals surface area contributed by atoms with E-state index in [4.69, 9.17) is 37.0 Å². The van der Waals surface area contributed by atoms with Crippen LogP contribution >= 0.6 is 15.6 Å². The van der Waals surface area contributed by atoms with Gasteiger partial charge in [0.1, 0.15) is 19.3 Å². The standard InChI is InChI=1S/C78H152O17P2/c1-9-71(8)57-49-41-33-25-20-21-27-35-44-52-60-77(82)94-73(64-88-75(80)58-50-42-34-26-19-17-15-13-11-10-12-14-16-18-23-30-38-46-54-68(2)3)66-92-96(84,85)90-62-72(79)63-91-97(86,87)93-67-74(65-89-76(81)59-51-43-37-29-32-40-48-56-70(6)7)95-78(83)61-53-45-36-28-22-24-31-39-47-55-69(4)5/h68-74,79H,9-67H2,1-8H3,(H,84,85)(H,86,87)/t71?,72?,73-,74-/m1/s1. The molecule has 3 N–H and O–H groups in total. The van der Waals surface area contributed by atoms with Gasteiger partial charge in [0, 0.05) is 25.7 Å². The SMILES string of the molecule is CCC(C)CCCCCCCCCCCCC(=O)O[C@H](COC(=O)CCCCCCCCCCCCCCCCCCCCC(C)C)COP(=O)(O)OCC(O)COP(=O)(O)OC[C@@H](COC(=O)CCCCCCCCCC(C)C)OC(=O)CCCCCCCCCCCC(C)C. The molecule has 0 saturated heterocycles. The van der Waals surface area contributed by atoms with E-state index in [0.29, 0.717) is 31.6 Å². The molecule has 4 unspecified atom stereocenters. The Balaban J connectivity index is 5.20. The first-order valence-corrected chi connectivity index (χ1v) is 43.2. The summed E-state index contributed by atoms with van der Waals surface area (Å²) in [6.07, 6.45) is 52.9. The van der Waals surface area contributed by atoms with Crippen molar-refractivity contribution in [1.82, 2.24) is 0 Å². The van der Waals surface area contributed by atoms with Crippen molar-refractivity contribution in [3.05, 3.63) is 0 Å². The lowest BCUT2D eigenvalue weighted by atomic mass is 9.99. The van der Waals surface area contributed by atoms with Gasteiger partial charge in [0.15, 0.2) is 12.2 Å². The Labute approximate surface area is 594 Å². The quantitative estimate of drug-likeness (QED) is 0.0222. The van der Waals surface area contributed by atoms with Crippen molar-refractivity contribution in [3.8, 4) is 0 Å². The topological polar surface area (TPSA) is 237 Å². The van der Waals surface area contributed by atoms with Crippen molar-refractivity contribution in [2.24, 2.45) is 23.7 Å². The summed E-state index contributed by atoms with van der Waals surface area (Å²) in [4.78, 5) is 72.8. The molecule has 0 aliphatic rings. The van der Waals surface area contributed by atoms with E-state index < -0.39 is 97.5 Å². The van der Waals surface area contributed by atoms with Gasteiger partial charge in [0.05, 0.1) is 26.4 Å². The molecule has 0 rings (SSSR count). The van der Waals surface area contributed by atoms with E-state index in [0.717, 1.165) is 114 Å². The summed E-state index contributed by atoms with van der Waals surface area (Å²) in [6, 6.07) is 0. The second kappa shape index (κ2) is 67.2. The summed E-state index contributed by atoms with van der Waals surface area (Å²) in [5.41, 5.74) is 0. The number of phosphoric acid groups is 2. The predicted octanol–water partition coefficient (Wildman–Crippen LogP) is 22.8. The minimum atomic E-state index is -4.96. The third-order valence-electron chi connectivity index (χ3n) is 18.4. The molecule has 0 aromatic rings. The number of hydrogen-bond donors (Lipinski definition) is 3. The number of aliphatic hydroxyl groups excluding tert-OH is 1. The molecule has 17 nitrogen and oxygen atoms in total. The van der Waals surface area contributed by atoms with E-state index in [2.05, 4.69) is 55.4 Å². The Morgan fingerprint density at radius 2 is 0.495 bits per heavy atom. The number of unbranched alkanes of at least 4 members (excludes halogenated alkanes) is 40. The van der Waals surface area contributed by atoms with Gasteiger partial charge in [-0.25, -0.2) is 9.13 Å². The maximum absolute atomic E-state index is 13.1. The summed E-state index contributed by atoms with van der Waals surface area (Å²) < 4.78 is 68.5. The fourth-order valence-electron chi connectivity index (χ4n) is 11.9. The fourth-order valence-corrected chi connectivity index (χ4v) is 13.5. The maximum Gasteiger partial charge on any atom is 0.472 e. The minimum Gasteiger partial charge on any atom is -0.462 e. The van der Waals surface area contributed by atoms with Gasteiger partial charge in [0.2, 0.25) is 0 Å². The molecule has 0 aliphatic carbocycles. The lowest BCUT2D eigenvalue weighted by Gasteiger charge is -2.21. The first-order valence-electron chi connectivity index (χ1n) is 40.2. The Morgan fingerprint density at radius 3 is 0.732 bits per heavy atom. The molecule has 0 spiro atoms. The average Bonchev–Trinajstić information content (AvgIpc) is 1.74. The van der Waals surface area contributed by atoms with Crippen LogP contribution in [0.25, 0.3) is 0 Å². The Hall–Kier alpha value is -1.94. The minimum absolute atomic E-state index is 0.104. The molecule has 0 aliphatic heterocycles. The Kier molecular flexibility index (Phi) is 65.9. The highest BCUT2D eigenvalue weighted by atomic mass is 31.2. The zero-order valence-corrected chi connectivity index (χ0v) is 65.5. The zero-order valence-electron chi connectivity index (χ0n) is 63.7. The number of carbonyl (C=O) groups excluding carboxylic acids is 4. The van der Waals surface area contributed by atoms with Gasteiger partial charge < -0.3 is 33.8 Å². The molecule has 19 heteroatoms. The molecule has 6 atom stereocenters. The van der Waals surface area contributed by atoms with E-state index in [1.54, 1.807) is 0 Å². The molecule has 0 aromatic heterocycles. The fraction of sp³-hybridized carbons (Fsp3) is 0.949. The molecule has 0 fully saturated rings. The van der Waals surface area contributed by atoms with Gasteiger partial charge in [-0.3, -0.25) is 37.3 Å². The summed E-state index contributed by atoms with van der Waals surface area (Å²) in [6.45, 7) is 14.2. The van der Waals surface area contributed by atoms with Gasteiger partial charge in [0.25, 0.3) is 0 Å². The molecule has 0 amide bonds. The Morgan fingerprint density at radius 1 is 0.289 bits per heavy atom. The zero-order chi connectivity index (χ0) is 71.7. The van der Waals surface area contributed by atoms with E-state index in [-0.39, 0.29) is 25.7 Å². The van der Waals surface area contributed by atoms with Crippen LogP contribution in [0.15, 0.2) is 0 Å². The highest BCUT2D eigenvalue weighted by Crippen LogP contribution is 2.45. The molecule has 0 saturated carbocycles. The van der Waals surface area contributed by atoms with Gasteiger partial charge in [-0.05, 0) is 49.4 Å². The van der Waals surface area contributed by atoms with Crippen molar-refractivity contribution in [3.63, 3.8) is 0 Å². The molecule has 0 radical (unpaired) electrons. The highest BCUT2D eigenvalue weighted by molar-refractivity contribution is 7.47. The monoisotopic (exact) mass is 1420 g/mol. The first-order chi connectivity index (χ1) is 46.6. The van der Waals surface area contributed by atoms with Crippen molar-refractivity contribution in [2.75, 3.05) is 39.6 Å².